The average Bonchev–Trinajstić information content (AvgIpc) is 3.12. The van der Waals surface area contributed by atoms with E-state index in [2.05, 4.69) is 20.1 Å². The fourth-order valence-corrected chi connectivity index (χ4v) is 3.90. The first-order chi connectivity index (χ1) is 12.7. The summed E-state index contributed by atoms with van der Waals surface area (Å²) in [7, 11) is 1.64. The van der Waals surface area contributed by atoms with Gasteiger partial charge in [0.1, 0.15) is 17.4 Å². The Morgan fingerprint density at radius 2 is 2.27 bits per heavy atom. The van der Waals surface area contributed by atoms with Gasteiger partial charge < -0.3 is 19.5 Å². The molecule has 1 unspecified atom stereocenters. The smallest absolute Gasteiger partial charge is 0.227 e. The molecule has 1 atom stereocenters. The van der Waals surface area contributed by atoms with Crippen LogP contribution in [0.2, 0.25) is 0 Å². The van der Waals surface area contributed by atoms with Crippen LogP contribution < -0.4 is 10.1 Å². The second kappa shape index (κ2) is 7.45. The van der Waals surface area contributed by atoms with Gasteiger partial charge in [-0.1, -0.05) is 12.1 Å². The predicted molar refractivity (Wildman–Crippen MR) is 97.0 cm³/mol. The van der Waals surface area contributed by atoms with Crippen molar-refractivity contribution in [3.05, 3.63) is 41.5 Å². The van der Waals surface area contributed by atoms with Crippen LogP contribution in [-0.4, -0.2) is 52.3 Å². The first-order valence-corrected chi connectivity index (χ1v) is 9.28. The molecule has 1 aromatic heterocycles. The number of carbonyl (C=O) groups excluding carboxylic acids is 1. The van der Waals surface area contributed by atoms with Gasteiger partial charge in [0.25, 0.3) is 0 Å². The Hall–Kier alpha value is -2.41. The van der Waals surface area contributed by atoms with Crippen molar-refractivity contribution in [3.8, 4) is 5.75 Å². The first kappa shape index (κ1) is 17.0. The molecule has 26 heavy (non-hydrogen) atoms. The van der Waals surface area contributed by atoms with Crippen LogP contribution in [0.1, 0.15) is 36.0 Å². The molecule has 7 nitrogen and oxygen atoms in total. The minimum atomic E-state index is 0.169. The molecule has 1 saturated heterocycles. The Morgan fingerprint density at radius 1 is 1.35 bits per heavy atom. The summed E-state index contributed by atoms with van der Waals surface area (Å²) < 4.78 is 7.49. The molecular formula is C19H25N5O2. The minimum Gasteiger partial charge on any atom is -0.497 e. The van der Waals surface area contributed by atoms with E-state index in [1.165, 1.54) is 0 Å². The van der Waals surface area contributed by atoms with Crippen molar-refractivity contribution in [2.75, 3.05) is 26.7 Å². The molecule has 7 heteroatoms. The number of hydrogen-bond donors (Lipinski definition) is 1. The highest BCUT2D eigenvalue weighted by Crippen LogP contribution is 2.27. The number of carbonyl (C=O) groups is 1. The molecule has 0 aliphatic carbocycles. The van der Waals surface area contributed by atoms with Crippen molar-refractivity contribution in [2.45, 2.75) is 38.3 Å². The van der Waals surface area contributed by atoms with Gasteiger partial charge in [0.15, 0.2) is 0 Å². The zero-order chi connectivity index (χ0) is 17.9. The van der Waals surface area contributed by atoms with Crippen LogP contribution >= 0.6 is 0 Å². The molecule has 2 aliphatic heterocycles. The van der Waals surface area contributed by atoms with Crippen LogP contribution in [0.25, 0.3) is 0 Å². The molecule has 0 spiro atoms. The van der Waals surface area contributed by atoms with E-state index in [-0.39, 0.29) is 11.8 Å². The zero-order valence-electron chi connectivity index (χ0n) is 15.1. The van der Waals surface area contributed by atoms with Crippen molar-refractivity contribution in [2.24, 2.45) is 0 Å². The van der Waals surface area contributed by atoms with Gasteiger partial charge in [0.2, 0.25) is 5.91 Å². The van der Waals surface area contributed by atoms with Crippen LogP contribution in [0.5, 0.6) is 5.75 Å². The molecule has 4 rings (SSSR count). The molecule has 1 amide bonds. The van der Waals surface area contributed by atoms with E-state index in [1.54, 1.807) is 7.11 Å². The summed E-state index contributed by atoms with van der Waals surface area (Å²) in [4.78, 5) is 14.8. The normalized spacial score (nSPS) is 19.9. The molecule has 3 heterocycles. The molecule has 1 fully saturated rings. The number of nitrogens with zero attached hydrogens (tertiary/aromatic N) is 4. The lowest BCUT2D eigenvalue weighted by Crippen LogP contribution is -2.41. The Kier molecular flexibility index (Phi) is 4.88. The summed E-state index contributed by atoms with van der Waals surface area (Å²) in [5, 5.41) is 12.1. The summed E-state index contributed by atoms with van der Waals surface area (Å²) in [6.45, 7) is 4.18. The van der Waals surface area contributed by atoms with Gasteiger partial charge in [-0.25, -0.2) is 0 Å². The number of methoxy groups -OCH3 is 1. The number of aromatic nitrogens is 3. The van der Waals surface area contributed by atoms with E-state index in [4.69, 9.17) is 4.74 Å². The SMILES string of the molecule is COc1cccc(CC(=O)N2CCCC(c3nnc4n3CCNC4)C2)c1. The summed E-state index contributed by atoms with van der Waals surface area (Å²) in [6.07, 6.45) is 2.48. The Morgan fingerprint density at radius 3 is 3.15 bits per heavy atom. The molecule has 2 aromatic rings. The lowest BCUT2D eigenvalue weighted by atomic mass is 9.96. The third-order valence-corrected chi connectivity index (χ3v) is 5.28. The first-order valence-electron chi connectivity index (χ1n) is 9.28. The van der Waals surface area contributed by atoms with Crippen molar-refractivity contribution >= 4 is 5.91 Å². The van der Waals surface area contributed by atoms with Gasteiger partial charge in [-0.15, -0.1) is 10.2 Å². The molecule has 2 aliphatic rings. The van der Waals surface area contributed by atoms with E-state index in [9.17, 15) is 4.79 Å². The van der Waals surface area contributed by atoms with Crippen LogP contribution in [0.15, 0.2) is 24.3 Å². The third-order valence-electron chi connectivity index (χ3n) is 5.28. The van der Waals surface area contributed by atoms with Gasteiger partial charge in [0.05, 0.1) is 20.1 Å². The quantitative estimate of drug-likeness (QED) is 0.896. The molecule has 1 aromatic carbocycles. The number of hydrogen-bond acceptors (Lipinski definition) is 5. The molecule has 0 saturated carbocycles. The standard InChI is InChI=1S/C19H25N5O2/c1-26-16-6-2-4-14(10-16)11-18(25)23-8-3-5-15(13-23)19-22-21-17-12-20-7-9-24(17)19/h2,4,6,10,15,20H,3,5,7-9,11-13H2,1H3. The zero-order valence-corrected chi connectivity index (χ0v) is 15.1. The number of piperidine rings is 1. The second-order valence-electron chi connectivity index (χ2n) is 7.01. The van der Waals surface area contributed by atoms with Crippen molar-refractivity contribution in [1.82, 2.24) is 25.0 Å². The maximum Gasteiger partial charge on any atom is 0.227 e. The van der Waals surface area contributed by atoms with E-state index >= 15 is 0 Å². The number of rotatable bonds is 4. The summed E-state index contributed by atoms with van der Waals surface area (Å²) in [5.74, 6) is 3.28. The Labute approximate surface area is 153 Å². The van der Waals surface area contributed by atoms with Gasteiger partial charge >= 0.3 is 0 Å². The molecule has 0 bridgehead atoms. The molecule has 1 N–H and O–H groups in total. The number of fused-ring (bicyclic) bond motifs is 1. The molecular weight excluding hydrogens is 330 g/mol. The largest absolute Gasteiger partial charge is 0.497 e. The summed E-state index contributed by atoms with van der Waals surface area (Å²) in [5.41, 5.74) is 0.988. The van der Waals surface area contributed by atoms with Gasteiger partial charge in [-0.2, -0.15) is 0 Å². The van der Waals surface area contributed by atoms with Crippen molar-refractivity contribution in [3.63, 3.8) is 0 Å². The fraction of sp³-hybridized carbons (Fsp3) is 0.526. The number of benzene rings is 1. The van der Waals surface area contributed by atoms with Crippen molar-refractivity contribution < 1.29 is 9.53 Å². The number of amides is 1. The highest BCUT2D eigenvalue weighted by molar-refractivity contribution is 5.79. The predicted octanol–water partition coefficient (Wildman–Crippen LogP) is 1.34. The van der Waals surface area contributed by atoms with Crippen LogP contribution in [0, 0.1) is 0 Å². The van der Waals surface area contributed by atoms with Gasteiger partial charge in [0, 0.05) is 32.1 Å². The van der Waals surface area contributed by atoms with Crippen LogP contribution in [0.3, 0.4) is 0 Å². The lowest BCUT2D eigenvalue weighted by Gasteiger charge is -2.33. The van der Waals surface area contributed by atoms with E-state index in [0.29, 0.717) is 6.42 Å². The third kappa shape index (κ3) is 3.44. The maximum absolute atomic E-state index is 12.8. The fourth-order valence-electron chi connectivity index (χ4n) is 3.90. The van der Waals surface area contributed by atoms with Gasteiger partial charge in [-0.3, -0.25) is 4.79 Å². The highest BCUT2D eigenvalue weighted by atomic mass is 16.5. The summed E-state index contributed by atoms with van der Waals surface area (Å²) >= 11 is 0. The van der Waals surface area contributed by atoms with Crippen molar-refractivity contribution in [1.29, 1.82) is 0 Å². The van der Waals surface area contributed by atoms with E-state index in [1.807, 2.05) is 29.2 Å². The Bertz CT molecular complexity index is 788. The topological polar surface area (TPSA) is 72.3 Å². The number of nitrogens with one attached hydrogen (secondary N) is 1. The molecule has 0 radical (unpaired) electrons. The number of ether oxygens (including phenoxy) is 1. The van der Waals surface area contributed by atoms with Crippen LogP contribution in [0.4, 0.5) is 0 Å². The van der Waals surface area contributed by atoms with E-state index in [0.717, 1.165) is 68.5 Å². The second-order valence-corrected chi connectivity index (χ2v) is 7.01. The van der Waals surface area contributed by atoms with E-state index < -0.39 is 0 Å². The number of likely N-dealkylation sites (tertiary alicyclic amines) is 1. The monoisotopic (exact) mass is 355 g/mol. The maximum atomic E-state index is 12.8. The van der Waals surface area contributed by atoms with Gasteiger partial charge in [-0.05, 0) is 30.5 Å². The summed E-state index contributed by atoms with van der Waals surface area (Å²) in [6, 6.07) is 7.73. The minimum absolute atomic E-state index is 0.169. The average molecular weight is 355 g/mol. The van der Waals surface area contributed by atoms with Crippen LogP contribution in [-0.2, 0) is 24.3 Å². The molecule has 138 valence electrons. The highest BCUT2D eigenvalue weighted by Gasteiger charge is 2.29. The lowest BCUT2D eigenvalue weighted by molar-refractivity contribution is -0.131. The Balaban J connectivity index is 1.44.